The van der Waals surface area contributed by atoms with E-state index >= 15 is 0 Å². The molecule has 3 heteroatoms. The summed E-state index contributed by atoms with van der Waals surface area (Å²) in [7, 11) is 0. The molecule has 0 saturated heterocycles. The van der Waals surface area contributed by atoms with E-state index in [1.807, 2.05) is 0 Å². The van der Waals surface area contributed by atoms with E-state index in [2.05, 4.69) is 26.1 Å². The van der Waals surface area contributed by atoms with Crippen LogP contribution in [0, 0.1) is 0 Å². The van der Waals surface area contributed by atoms with E-state index in [1.54, 1.807) is 6.92 Å². The van der Waals surface area contributed by atoms with Gasteiger partial charge in [0, 0.05) is 12.1 Å². The molecule has 0 heterocycles. The maximum Gasteiger partial charge on any atom is 0.127 e. The Labute approximate surface area is 73.1 Å². The third-order valence-electron chi connectivity index (χ3n) is 0.929. The van der Waals surface area contributed by atoms with Gasteiger partial charge in [-0.2, -0.15) is 0 Å². The molecule has 0 aliphatic carbocycles. The standard InChI is InChI=1S/C7H15Cl2N/c1-6(2,3)10-5-7(4,8)9/h10H,5H2,1-4H3. The van der Waals surface area contributed by atoms with Crippen LogP contribution in [0.25, 0.3) is 0 Å². The summed E-state index contributed by atoms with van der Waals surface area (Å²) in [5.41, 5.74) is 0.0883. The van der Waals surface area contributed by atoms with Gasteiger partial charge in [-0.3, -0.25) is 0 Å². The molecule has 62 valence electrons. The molecule has 0 aliphatic rings. The van der Waals surface area contributed by atoms with Crippen molar-refractivity contribution < 1.29 is 0 Å². The zero-order valence-corrected chi connectivity index (χ0v) is 8.47. The zero-order chi connectivity index (χ0) is 8.41. The van der Waals surface area contributed by atoms with Crippen molar-refractivity contribution in [2.75, 3.05) is 6.54 Å². The molecule has 0 spiro atoms. The lowest BCUT2D eigenvalue weighted by atomic mass is 10.1. The Hall–Kier alpha value is 0.540. The van der Waals surface area contributed by atoms with Gasteiger partial charge in [0.2, 0.25) is 0 Å². The average Bonchev–Trinajstić information content (AvgIpc) is 1.57. The average molecular weight is 184 g/mol. The van der Waals surface area contributed by atoms with Gasteiger partial charge in [-0.05, 0) is 27.7 Å². The Morgan fingerprint density at radius 2 is 1.50 bits per heavy atom. The normalized spacial score (nSPS) is 13.8. The minimum Gasteiger partial charge on any atom is -0.309 e. The Bertz CT molecular complexity index is 85.2. The molecule has 0 fully saturated rings. The Morgan fingerprint density at radius 1 is 1.10 bits per heavy atom. The Morgan fingerprint density at radius 3 is 1.60 bits per heavy atom. The van der Waals surface area contributed by atoms with Gasteiger partial charge in [0.1, 0.15) is 4.33 Å². The second-order valence-electron chi connectivity index (χ2n) is 3.67. The highest BCUT2D eigenvalue weighted by Crippen LogP contribution is 2.18. The summed E-state index contributed by atoms with van der Waals surface area (Å²) < 4.78 is -0.659. The molecule has 1 nitrogen and oxygen atoms in total. The van der Waals surface area contributed by atoms with Crippen molar-refractivity contribution in [3.05, 3.63) is 0 Å². The molecule has 0 aliphatic heterocycles. The fourth-order valence-corrected chi connectivity index (χ4v) is 0.554. The van der Waals surface area contributed by atoms with Crippen molar-refractivity contribution in [3.8, 4) is 0 Å². The molecule has 0 amide bonds. The fraction of sp³-hybridized carbons (Fsp3) is 1.00. The first kappa shape index (κ1) is 10.5. The van der Waals surface area contributed by atoms with Gasteiger partial charge in [-0.25, -0.2) is 0 Å². The van der Waals surface area contributed by atoms with Crippen LogP contribution in [0.15, 0.2) is 0 Å². The number of rotatable bonds is 2. The molecule has 0 aromatic rings. The Balaban J connectivity index is 3.56. The summed E-state index contributed by atoms with van der Waals surface area (Å²) in [4.78, 5) is 0. The minimum atomic E-state index is -0.659. The number of hydrogen-bond donors (Lipinski definition) is 1. The summed E-state index contributed by atoms with van der Waals surface area (Å²) in [6.07, 6.45) is 0. The van der Waals surface area contributed by atoms with Gasteiger partial charge >= 0.3 is 0 Å². The maximum absolute atomic E-state index is 5.74. The summed E-state index contributed by atoms with van der Waals surface area (Å²) in [5.74, 6) is 0. The van der Waals surface area contributed by atoms with E-state index in [1.165, 1.54) is 0 Å². The van der Waals surface area contributed by atoms with Crippen LogP contribution in [0.3, 0.4) is 0 Å². The lowest BCUT2D eigenvalue weighted by molar-refractivity contribution is 0.421. The topological polar surface area (TPSA) is 12.0 Å². The second-order valence-corrected chi connectivity index (χ2v) is 5.54. The lowest BCUT2D eigenvalue weighted by Gasteiger charge is -2.24. The van der Waals surface area contributed by atoms with Crippen LogP contribution >= 0.6 is 23.2 Å². The highest BCUT2D eigenvalue weighted by molar-refractivity contribution is 6.48. The summed E-state index contributed by atoms with van der Waals surface area (Å²) in [5, 5.41) is 3.20. The molecule has 1 N–H and O–H groups in total. The predicted octanol–water partition coefficient (Wildman–Crippen LogP) is 2.57. The smallest absolute Gasteiger partial charge is 0.127 e. The quantitative estimate of drug-likeness (QED) is 0.650. The third kappa shape index (κ3) is 8.54. The first-order chi connectivity index (χ1) is 4.21. The van der Waals surface area contributed by atoms with Crippen LogP contribution in [-0.2, 0) is 0 Å². The van der Waals surface area contributed by atoms with Gasteiger partial charge in [-0.1, -0.05) is 0 Å². The number of alkyl halides is 2. The van der Waals surface area contributed by atoms with E-state index < -0.39 is 4.33 Å². The number of halogens is 2. The number of nitrogens with one attached hydrogen (secondary N) is 1. The van der Waals surface area contributed by atoms with Gasteiger partial charge < -0.3 is 5.32 Å². The van der Waals surface area contributed by atoms with Gasteiger partial charge in [-0.15, -0.1) is 23.2 Å². The first-order valence-corrected chi connectivity index (χ1v) is 4.09. The lowest BCUT2D eigenvalue weighted by Crippen LogP contribution is -2.41. The molecule has 0 bridgehead atoms. The maximum atomic E-state index is 5.74. The largest absolute Gasteiger partial charge is 0.309 e. The molecule has 0 saturated carbocycles. The number of hydrogen-bond acceptors (Lipinski definition) is 1. The molecule has 0 aromatic heterocycles. The van der Waals surface area contributed by atoms with E-state index in [0.717, 1.165) is 0 Å². The molecular formula is C7H15Cl2N. The molecular weight excluding hydrogens is 169 g/mol. The third-order valence-corrected chi connectivity index (χ3v) is 1.20. The molecule has 0 rings (SSSR count). The van der Waals surface area contributed by atoms with Crippen molar-refractivity contribution >= 4 is 23.2 Å². The van der Waals surface area contributed by atoms with E-state index in [9.17, 15) is 0 Å². The summed E-state index contributed by atoms with van der Waals surface area (Å²) >= 11 is 11.5. The fourth-order valence-electron chi connectivity index (χ4n) is 0.420. The molecule has 0 radical (unpaired) electrons. The molecule has 0 atom stereocenters. The van der Waals surface area contributed by atoms with Crippen LogP contribution < -0.4 is 5.32 Å². The monoisotopic (exact) mass is 183 g/mol. The van der Waals surface area contributed by atoms with Crippen LogP contribution in [0.2, 0.25) is 0 Å². The molecule has 0 unspecified atom stereocenters. The predicted molar refractivity (Wildman–Crippen MR) is 47.9 cm³/mol. The van der Waals surface area contributed by atoms with Crippen LogP contribution in [0.5, 0.6) is 0 Å². The summed E-state index contributed by atoms with van der Waals surface area (Å²) in [6.45, 7) is 8.61. The highest BCUT2D eigenvalue weighted by atomic mass is 35.5. The van der Waals surface area contributed by atoms with Crippen molar-refractivity contribution in [3.63, 3.8) is 0 Å². The van der Waals surface area contributed by atoms with Crippen molar-refractivity contribution in [2.24, 2.45) is 0 Å². The van der Waals surface area contributed by atoms with E-state index in [0.29, 0.717) is 6.54 Å². The van der Waals surface area contributed by atoms with Gasteiger partial charge in [0.05, 0.1) is 0 Å². The Kier molecular flexibility index (Phi) is 3.47. The van der Waals surface area contributed by atoms with Gasteiger partial charge in [0.15, 0.2) is 0 Å². The van der Waals surface area contributed by atoms with Crippen molar-refractivity contribution in [1.29, 1.82) is 0 Å². The summed E-state index contributed by atoms with van der Waals surface area (Å²) in [6, 6.07) is 0. The highest BCUT2D eigenvalue weighted by Gasteiger charge is 2.19. The van der Waals surface area contributed by atoms with E-state index in [4.69, 9.17) is 23.2 Å². The van der Waals surface area contributed by atoms with Crippen LogP contribution in [0.1, 0.15) is 27.7 Å². The molecule has 0 aromatic carbocycles. The van der Waals surface area contributed by atoms with Crippen molar-refractivity contribution in [2.45, 2.75) is 37.6 Å². The van der Waals surface area contributed by atoms with Crippen molar-refractivity contribution in [1.82, 2.24) is 5.32 Å². The SMILES string of the molecule is CC(Cl)(Cl)CNC(C)(C)C. The zero-order valence-electron chi connectivity index (χ0n) is 6.96. The van der Waals surface area contributed by atoms with E-state index in [-0.39, 0.29) is 5.54 Å². The minimum absolute atomic E-state index is 0.0883. The van der Waals surface area contributed by atoms with Gasteiger partial charge in [0.25, 0.3) is 0 Å². The molecule has 10 heavy (non-hydrogen) atoms. The van der Waals surface area contributed by atoms with Crippen LogP contribution in [0.4, 0.5) is 0 Å². The van der Waals surface area contributed by atoms with Crippen LogP contribution in [-0.4, -0.2) is 16.4 Å². The second kappa shape index (κ2) is 3.29. The first-order valence-electron chi connectivity index (χ1n) is 3.34.